The van der Waals surface area contributed by atoms with Gasteiger partial charge in [0.15, 0.2) is 0 Å². The van der Waals surface area contributed by atoms with Crippen LogP contribution >= 0.6 is 0 Å². The van der Waals surface area contributed by atoms with Gasteiger partial charge < -0.3 is 14.4 Å². The zero-order valence-electron chi connectivity index (χ0n) is 17.5. The Morgan fingerprint density at radius 2 is 1.70 bits per heavy atom. The summed E-state index contributed by atoms with van der Waals surface area (Å²) in [5.41, 5.74) is 6.21. The van der Waals surface area contributed by atoms with Crippen LogP contribution in [-0.2, 0) is 13.0 Å². The molecule has 146 valence electrons. The van der Waals surface area contributed by atoms with E-state index >= 15 is 0 Å². The number of nitrogens with zero attached hydrogens (tertiary/aromatic N) is 1. The predicted octanol–water partition coefficient (Wildman–Crippen LogP) is 5.23. The fourth-order valence-corrected chi connectivity index (χ4v) is 3.97. The molecule has 0 fully saturated rings. The molecular weight excluding hydrogens is 334 g/mol. The quantitative estimate of drug-likeness (QED) is 0.638. The summed E-state index contributed by atoms with van der Waals surface area (Å²) in [7, 11) is 0. The van der Waals surface area contributed by atoms with Gasteiger partial charge in [-0.1, -0.05) is 44.2 Å². The number of hydrogen-bond donors (Lipinski definition) is 0. The Hall–Kier alpha value is -2.00. The minimum atomic E-state index is 0.279. The van der Waals surface area contributed by atoms with Crippen molar-refractivity contribution in [2.45, 2.75) is 60.2 Å². The average Bonchev–Trinajstić information content (AvgIpc) is 3.12. The molecular formula is C24H33NO2. The van der Waals surface area contributed by atoms with Gasteiger partial charge in [0.2, 0.25) is 0 Å². The highest BCUT2D eigenvalue weighted by Gasteiger charge is 2.29. The first-order valence-corrected chi connectivity index (χ1v) is 10.2. The zero-order valence-corrected chi connectivity index (χ0v) is 17.5. The smallest absolute Gasteiger partial charge is 0.126 e. The monoisotopic (exact) mass is 367 g/mol. The SMILES string of the molecule is CCN(CC)CCC1Cc2c(C)c(OCc3ccccc3)c(C)c(C)c2O1. The van der Waals surface area contributed by atoms with Gasteiger partial charge in [-0.3, -0.25) is 0 Å². The molecule has 27 heavy (non-hydrogen) atoms. The second kappa shape index (κ2) is 8.79. The van der Waals surface area contributed by atoms with Crippen molar-refractivity contribution < 1.29 is 9.47 Å². The first-order valence-electron chi connectivity index (χ1n) is 10.2. The van der Waals surface area contributed by atoms with Gasteiger partial charge in [0.1, 0.15) is 24.2 Å². The fraction of sp³-hybridized carbons (Fsp3) is 0.500. The maximum Gasteiger partial charge on any atom is 0.126 e. The van der Waals surface area contributed by atoms with Gasteiger partial charge in [0, 0.05) is 18.5 Å². The topological polar surface area (TPSA) is 21.7 Å². The van der Waals surface area contributed by atoms with Crippen LogP contribution < -0.4 is 9.47 Å². The number of ether oxygens (including phenoxy) is 2. The van der Waals surface area contributed by atoms with Gasteiger partial charge in [-0.15, -0.1) is 0 Å². The number of fused-ring (bicyclic) bond motifs is 1. The van der Waals surface area contributed by atoms with Crippen LogP contribution in [0.15, 0.2) is 30.3 Å². The Kier molecular flexibility index (Phi) is 6.43. The van der Waals surface area contributed by atoms with Crippen molar-refractivity contribution in [3.63, 3.8) is 0 Å². The van der Waals surface area contributed by atoms with Crippen LogP contribution in [0.25, 0.3) is 0 Å². The van der Waals surface area contributed by atoms with Crippen molar-refractivity contribution in [2.24, 2.45) is 0 Å². The molecule has 3 rings (SSSR count). The lowest BCUT2D eigenvalue weighted by atomic mass is 9.95. The highest BCUT2D eigenvalue weighted by atomic mass is 16.5. The van der Waals surface area contributed by atoms with E-state index in [1.165, 1.54) is 27.8 Å². The standard InChI is InChI=1S/C24H33NO2/c1-6-25(7-2)14-13-21-15-22-19(5)23(17(3)18(4)24(22)27-21)26-16-20-11-9-8-10-12-20/h8-12,21H,6-7,13-16H2,1-5H3. The van der Waals surface area contributed by atoms with Gasteiger partial charge in [-0.05, 0) is 62.5 Å². The van der Waals surface area contributed by atoms with Crippen LogP contribution in [0.2, 0.25) is 0 Å². The van der Waals surface area contributed by atoms with Crippen molar-refractivity contribution in [3.8, 4) is 11.5 Å². The lowest BCUT2D eigenvalue weighted by Gasteiger charge is -2.20. The molecule has 0 spiro atoms. The molecule has 3 nitrogen and oxygen atoms in total. The summed E-state index contributed by atoms with van der Waals surface area (Å²) in [6.07, 6.45) is 2.35. The summed E-state index contributed by atoms with van der Waals surface area (Å²) in [4.78, 5) is 2.46. The summed E-state index contributed by atoms with van der Waals surface area (Å²) in [6.45, 7) is 14.8. The molecule has 1 aliphatic heterocycles. The van der Waals surface area contributed by atoms with Crippen molar-refractivity contribution in [1.29, 1.82) is 0 Å². The molecule has 0 aliphatic carbocycles. The van der Waals surface area contributed by atoms with E-state index in [1.54, 1.807) is 0 Å². The molecule has 0 amide bonds. The number of benzene rings is 2. The molecule has 2 aromatic rings. The Bertz CT molecular complexity index is 766. The van der Waals surface area contributed by atoms with Crippen LogP contribution in [0.1, 0.15) is 48.1 Å². The second-order valence-corrected chi connectivity index (χ2v) is 7.55. The Morgan fingerprint density at radius 1 is 1.00 bits per heavy atom. The minimum Gasteiger partial charge on any atom is -0.489 e. The molecule has 0 saturated heterocycles. The third-order valence-electron chi connectivity index (χ3n) is 5.92. The highest BCUT2D eigenvalue weighted by molar-refractivity contribution is 5.59. The molecule has 0 N–H and O–H groups in total. The van der Waals surface area contributed by atoms with Crippen LogP contribution in [0.3, 0.4) is 0 Å². The normalized spacial score (nSPS) is 15.7. The highest BCUT2D eigenvalue weighted by Crippen LogP contribution is 2.43. The number of hydrogen-bond acceptors (Lipinski definition) is 3. The van der Waals surface area contributed by atoms with Crippen molar-refractivity contribution in [3.05, 3.63) is 58.1 Å². The first-order chi connectivity index (χ1) is 13.0. The van der Waals surface area contributed by atoms with E-state index in [9.17, 15) is 0 Å². The van der Waals surface area contributed by atoms with Crippen LogP contribution in [0.4, 0.5) is 0 Å². The van der Waals surface area contributed by atoms with E-state index in [-0.39, 0.29) is 6.10 Å². The largest absolute Gasteiger partial charge is 0.489 e. The lowest BCUT2D eigenvalue weighted by Crippen LogP contribution is -2.28. The molecule has 1 atom stereocenters. The van der Waals surface area contributed by atoms with Crippen molar-refractivity contribution in [1.82, 2.24) is 4.90 Å². The minimum absolute atomic E-state index is 0.279. The molecule has 3 heteroatoms. The Balaban J connectivity index is 1.75. The molecule has 0 saturated carbocycles. The fourth-order valence-electron chi connectivity index (χ4n) is 3.97. The van der Waals surface area contributed by atoms with Crippen LogP contribution in [-0.4, -0.2) is 30.6 Å². The van der Waals surface area contributed by atoms with Crippen molar-refractivity contribution in [2.75, 3.05) is 19.6 Å². The summed E-state index contributed by atoms with van der Waals surface area (Å²) in [5.74, 6) is 2.13. The Morgan fingerprint density at radius 3 is 2.37 bits per heavy atom. The second-order valence-electron chi connectivity index (χ2n) is 7.55. The molecule has 0 bridgehead atoms. The molecule has 0 radical (unpaired) electrons. The predicted molar refractivity (Wildman–Crippen MR) is 112 cm³/mol. The maximum absolute atomic E-state index is 6.37. The first kappa shape index (κ1) is 19.8. The van der Waals surface area contributed by atoms with E-state index < -0.39 is 0 Å². The van der Waals surface area contributed by atoms with Crippen molar-refractivity contribution >= 4 is 0 Å². The summed E-state index contributed by atoms with van der Waals surface area (Å²) in [5, 5.41) is 0. The van der Waals surface area contributed by atoms with E-state index in [2.05, 4.69) is 63.8 Å². The Labute approximate surface area is 164 Å². The zero-order chi connectivity index (χ0) is 19.4. The van der Waals surface area contributed by atoms with Gasteiger partial charge in [0.05, 0.1) is 0 Å². The van der Waals surface area contributed by atoms with Gasteiger partial charge in [-0.25, -0.2) is 0 Å². The lowest BCUT2D eigenvalue weighted by molar-refractivity contribution is 0.187. The molecule has 2 aromatic carbocycles. The summed E-state index contributed by atoms with van der Waals surface area (Å²) in [6, 6.07) is 10.4. The third-order valence-corrected chi connectivity index (χ3v) is 5.92. The number of rotatable bonds is 8. The maximum atomic E-state index is 6.37. The summed E-state index contributed by atoms with van der Waals surface area (Å²) < 4.78 is 12.6. The molecule has 1 heterocycles. The van der Waals surface area contributed by atoms with Gasteiger partial charge >= 0.3 is 0 Å². The molecule has 1 unspecified atom stereocenters. The van der Waals surface area contributed by atoms with Gasteiger partial charge in [0.25, 0.3) is 0 Å². The van der Waals surface area contributed by atoms with E-state index in [4.69, 9.17) is 9.47 Å². The average molecular weight is 368 g/mol. The van der Waals surface area contributed by atoms with E-state index in [1.807, 2.05) is 6.07 Å². The van der Waals surface area contributed by atoms with Gasteiger partial charge in [-0.2, -0.15) is 0 Å². The van der Waals surface area contributed by atoms with Crippen LogP contribution in [0.5, 0.6) is 11.5 Å². The van der Waals surface area contributed by atoms with Crippen LogP contribution in [0, 0.1) is 20.8 Å². The summed E-state index contributed by atoms with van der Waals surface area (Å²) >= 11 is 0. The third kappa shape index (κ3) is 4.30. The van der Waals surface area contributed by atoms with E-state index in [0.29, 0.717) is 6.61 Å². The van der Waals surface area contributed by atoms with E-state index in [0.717, 1.165) is 44.0 Å². The molecule has 1 aliphatic rings. The molecule has 0 aromatic heterocycles.